The van der Waals surface area contributed by atoms with Gasteiger partial charge in [-0.15, -0.1) is 0 Å². The third-order valence-corrected chi connectivity index (χ3v) is 2.85. The second kappa shape index (κ2) is 5.55. The van der Waals surface area contributed by atoms with E-state index in [1.165, 1.54) is 32.2 Å². The highest BCUT2D eigenvalue weighted by molar-refractivity contribution is 4.70. The molecule has 1 atom stereocenters. The van der Waals surface area contributed by atoms with Crippen molar-refractivity contribution < 1.29 is 0 Å². The Bertz CT molecular complexity index is 104. The molecule has 1 fully saturated rings. The van der Waals surface area contributed by atoms with E-state index >= 15 is 0 Å². The Morgan fingerprint density at radius 1 is 1.50 bits per heavy atom. The summed E-state index contributed by atoms with van der Waals surface area (Å²) in [5.41, 5.74) is 5.51. The van der Waals surface area contributed by atoms with Crippen LogP contribution in [0, 0.1) is 11.8 Å². The van der Waals surface area contributed by atoms with Crippen molar-refractivity contribution >= 4 is 0 Å². The first kappa shape index (κ1) is 10.0. The third kappa shape index (κ3) is 3.55. The van der Waals surface area contributed by atoms with Crippen LogP contribution in [0.15, 0.2) is 0 Å². The smallest absolute Gasteiger partial charge is 0.00111 e. The maximum atomic E-state index is 5.51. The molecule has 0 radical (unpaired) electrons. The maximum absolute atomic E-state index is 5.51. The number of nitrogens with one attached hydrogen (secondary N) is 1. The first-order chi connectivity index (χ1) is 5.83. The Hall–Kier alpha value is -0.0800. The molecule has 0 bridgehead atoms. The summed E-state index contributed by atoms with van der Waals surface area (Å²) < 4.78 is 0. The van der Waals surface area contributed by atoms with Crippen molar-refractivity contribution in [1.82, 2.24) is 5.32 Å². The summed E-state index contributed by atoms with van der Waals surface area (Å²) in [6.45, 7) is 5.27. The first-order valence-electron chi connectivity index (χ1n) is 5.23. The summed E-state index contributed by atoms with van der Waals surface area (Å²) in [5.74, 6) is 1.66. The summed E-state index contributed by atoms with van der Waals surface area (Å²) in [7, 11) is 0. The molecule has 1 saturated carbocycles. The van der Waals surface area contributed by atoms with E-state index in [1.807, 2.05) is 0 Å². The van der Waals surface area contributed by atoms with Gasteiger partial charge in [-0.05, 0) is 37.9 Å². The van der Waals surface area contributed by atoms with Crippen molar-refractivity contribution in [2.75, 3.05) is 19.6 Å². The van der Waals surface area contributed by atoms with Gasteiger partial charge in [0.2, 0.25) is 0 Å². The molecule has 0 saturated heterocycles. The molecular weight excluding hydrogens is 148 g/mol. The van der Waals surface area contributed by atoms with Crippen molar-refractivity contribution in [2.24, 2.45) is 17.6 Å². The minimum Gasteiger partial charge on any atom is -0.330 e. The van der Waals surface area contributed by atoms with Crippen LogP contribution in [0.2, 0.25) is 0 Å². The number of rotatable bonds is 6. The average molecular weight is 170 g/mol. The predicted molar refractivity (Wildman–Crippen MR) is 53.0 cm³/mol. The van der Waals surface area contributed by atoms with Gasteiger partial charge in [0.1, 0.15) is 0 Å². The van der Waals surface area contributed by atoms with Crippen molar-refractivity contribution in [1.29, 1.82) is 0 Å². The first-order valence-corrected chi connectivity index (χ1v) is 5.23. The van der Waals surface area contributed by atoms with Crippen molar-refractivity contribution in [3.63, 3.8) is 0 Å². The van der Waals surface area contributed by atoms with E-state index in [-0.39, 0.29) is 0 Å². The van der Waals surface area contributed by atoms with Gasteiger partial charge in [-0.2, -0.15) is 0 Å². The molecule has 2 heteroatoms. The molecule has 0 aromatic carbocycles. The van der Waals surface area contributed by atoms with Gasteiger partial charge in [0, 0.05) is 0 Å². The lowest BCUT2D eigenvalue weighted by molar-refractivity contribution is 0.290. The monoisotopic (exact) mass is 170 g/mol. The van der Waals surface area contributed by atoms with Crippen LogP contribution in [0.5, 0.6) is 0 Å². The Kier molecular flexibility index (Phi) is 4.62. The van der Waals surface area contributed by atoms with Gasteiger partial charge >= 0.3 is 0 Å². The van der Waals surface area contributed by atoms with Crippen molar-refractivity contribution in [3.8, 4) is 0 Å². The van der Waals surface area contributed by atoms with Crippen LogP contribution in [0.25, 0.3) is 0 Å². The van der Waals surface area contributed by atoms with E-state index in [2.05, 4.69) is 12.2 Å². The van der Waals surface area contributed by atoms with Crippen LogP contribution in [0.1, 0.15) is 32.6 Å². The van der Waals surface area contributed by atoms with Crippen molar-refractivity contribution in [3.05, 3.63) is 0 Å². The number of nitrogens with two attached hydrogens (primary N) is 1. The van der Waals surface area contributed by atoms with E-state index in [0.717, 1.165) is 19.0 Å². The molecular formula is C10H22N2. The molecule has 3 N–H and O–H groups in total. The zero-order valence-electron chi connectivity index (χ0n) is 8.18. The molecule has 1 aliphatic rings. The van der Waals surface area contributed by atoms with Gasteiger partial charge in [-0.3, -0.25) is 0 Å². The highest BCUT2D eigenvalue weighted by Crippen LogP contribution is 2.28. The molecule has 0 heterocycles. The van der Waals surface area contributed by atoms with Crippen LogP contribution >= 0.6 is 0 Å². The van der Waals surface area contributed by atoms with Crippen LogP contribution in [-0.4, -0.2) is 19.6 Å². The normalized spacial score (nSPS) is 20.5. The zero-order valence-corrected chi connectivity index (χ0v) is 8.18. The SMILES string of the molecule is CC(CN)CNCCC1CCC1. The molecule has 0 aromatic heterocycles. The molecule has 12 heavy (non-hydrogen) atoms. The molecule has 0 aliphatic heterocycles. The van der Waals surface area contributed by atoms with E-state index in [4.69, 9.17) is 5.73 Å². The van der Waals surface area contributed by atoms with E-state index < -0.39 is 0 Å². The summed E-state index contributed by atoms with van der Waals surface area (Å²) in [5, 5.41) is 3.46. The Morgan fingerprint density at radius 3 is 2.75 bits per heavy atom. The number of hydrogen-bond acceptors (Lipinski definition) is 2. The standard InChI is InChI=1S/C10H22N2/c1-9(7-11)8-12-6-5-10-3-2-4-10/h9-10,12H,2-8,11H2,1H3. The maximum Gasteiger partial charge on any atom is -0.00111 e. The minimum atomic E-state index is 0.631. The van der Waals surface area contributed by atoms with Crippen LogP contribution in [-0.2, 0) is 0 Å². The van der Waals surface area contributed by atoms with E-state index in [9.17, 15) is 0 Å². The van der Waals surface area contributed by atoms with Crippen LogP contribution in [0.3, 0.4) is 0 Å². The fraction of sp³-hybridized carbons (Fsp3) is 1.00. The summed E-state index contributed by atoms with van der Waals surface area (Å²) in [6.07, 6.45) is 5.77. The Morgan fingerprint density at radius 2 is 2.25 bits per heavy atom. The summed E-state index contributed by atoms with van der Waals surface area (Å²) >= 11 is 0. The van der Waals surface area contributed by atoms with Crippen LogP contribution in [0.4, 0.5) is 0 Å². The van der Waals surface area contributed by atoms with E-state index in [1.54, 1.807) is 0 Å². The quantitative estimate of drug-likeness (QED) is 0.591. The third-order valence-electron chi connectivity index (χ3n) is 2.85. The Labute approximate surface area is 75.9 Å². The molecule has 1 unspecified atom stereocenters. The predicted octanol–water partition coefficient (Wildman–Crippen LogP) is 1.36. The molecule has 72 valence electrons. The van der Waals surface area contributed by atoms with Gasteiger partial charge in [0.05, 0.1) is 0 Å². The van der Waals surface area contributed by atoms with Gasteiger partial charge in [-0.1, -0.05) is 26.2 Å². The molecule has 2 nitrogen and oxygen atoms in total. The topological polar surface area (TPSA) is 38.0 Å². The molecule has 1 rings (SSSR count). The molecule has 0 amide bonds. The fourth-order valence-corrected chi connectivity index (χ4v) is 1.52. The van der Waals surface area contributed by atoms with Crippen LogP contribution < -0.4 is 11.1 Å². The summed E-state index contributed by atoms with van der Waals surface area (Å²) in [6, 6.07) is 0. The highest BCUT2D eigenvalue weighted by atomic mass is 14.9. The molecule has 1 aliphatic carbocycles. The van der Waals surface area contributed by atoms with Crippen molar-refractivity contribution in [2.45, 2.75) is 32.6 Å². The lowest BCUT2D eigenvalue weighted by atomic mass is 9.83. The molecule has 0 spiro atoms. The summed E-state index contributed by atoms with van der Waals surface area (Å²) in [4.78, 5) is 0. The van der Waals surface area contributed by atoms with E-state index in [0.29, 0.717) is 5.92 Å². The number of hydrogen-bond donors (Lipinski definition) is 2. The van der Waals surface area contributed by atoms with Gasteiger partial charge in [-0.25, -0.2) is 0 Å². The van der Waals surface area contributed by atoms with Gasteiger partial charge < -0.3 is 11.1 Å². The lowest BCUT2D eigenvalue weighted by Gasteiger charge is -2.25. The Balaban J connectivity index is 1.82. The highest BCUT2D eigenvalue weighted by Gasteiger charge is 2.16. The van der Waals surface area contributed by atoms with Gasteiger partial charge in [0.25, 0.3) is 0 Å². The lowest BCUT2D eigenvalue weighted by Crippen LogP contribution is -2.28. The average Bonchev–Trinajstić information content (AvgIpc) is 2.00. The zero-order chi connectivity index (χ0) is 8.81. The molecule has 0 aromatic rings. The second-order valence-electron chi connectivity index (χ2n) is 4.13. The van der Waals surface area contributed by atoms with Gasteiger partial charge in [0.15, 0.2) is 0 Å². The fourth-order valence-electron chi connectivity index (χ4n) is 1.52. The second-order valence-corrected chi connectivity index (χ2v) is 4.13. The minimum absolute atomic E-state index is 0.631. The largest absolute Gasteiger partial charge is 0.330 e.